The lowest BCUT2D eigenvalue weighted by Gasteiger charge is -2.43. The average molecular weight is 359 g/mol. The Kier molecular flexibility index (Phi) is 7.71. The first-order valence-corrected chi connectivity index (χ1v) is 8.93. The molecule has 0 bridgehead atoms. The minimum Gasteiger partial charge on any atom is -0.462 e. The van der Waals surface area contributed by atoms with Crippen LogP contribution in [-0.4, -0.2) is 36.4 Å². The highest BCUT2D eigenvalue weighted by Gasteiger charge is 2.47. The molecule has 0 aliphatic heterocycles. The molecule has 0 aliphatic carbocycles. The van der Waals surface area contributed by atoms with Crippen molar-refractivity contribution in [2.45, 2.75) is 81.8 Å². The predicted octanol–water partition coefficient (Wildman–Crippen LogP) is 3.97. The highest BCUT2D eigenvalue weighted by atomic mass is 16.6. The van der Waals surface area contributed by atoms with Crippen LogP contribution < -0.4 is 0 Å². The third kappa shape index (κ3) is 7.76. The smallest absolute Gasteiger partial charge is 0.312 e. The van der Waals surface area contributed by atoms with Gasteiger partial charge in [0.15, 0.2) is 0 Å². The van der Waals surface area contributed by atoms with Crippen LogP contribution in [0.15, 0.2) is 0 Å². The van der Waals surface area contributed by atoms with Crippen LogP contribution in [-0.2, 0) is 19.1 Å². The highest BCUT2D eigenvalue weighted by Crippen LogP contribution is 2.47. The standard InChI is InChI=1S/C20H38O5/c1-17(2,3)13-20(10,19(7,8)9)16(23)25-12-14(21)11-24-15(22)18(4,5)6/h14,21H,11-13H2,1-10H3. The van der Waals surface area contributed by atoms with E-state index in [1.165, 1.54) is 0 Å². The molecule has 148 valence electrons. The van der Waals surface area contributed by atoms with E-state index in [0.717, 1.165) is 0 Å². The van der Waals surface area contributed by atoms with Gasteiger partial charge in [-0.1, -0.05) is 41.5 Å². The van der Waals surface area contributed by atoms with E-state index in [0.29, 0.717) is 6.42 Å². The van der Waals surface area contributed by atoms with Gasteiger partial charge < -0.3 is 14.6 Å². The first-order valence-electron chi connectivity index (χ1n) is 8.93. The van der Waals surface area contributed by atoms with Crippen LogP contribution in [0.1, 0.15) is 75.7 Å². The summed E-state index contributed by atoms with van der Waals surface area (Å²) in [5, 5.41) is 9.96. The number of aliphatic hydroxyl groups is 1. The second kappa shape index (κ2) is 8.07. The van der Waals surface area contributed by atoms with E-state index in [1.807, 2.05) is 27.7 Å². The molecule has 0 saturated heterocycles. The van der Waals surface area contributed by atoms with E-state index >= 15 is 0 Å². The summed E-state index contributed by atoms with van der Waals surface area (Å²) in [6, 6.07) is 0. The lowest BCUT2D eigenvalue weighted by molar-refractivity contribution is -0.170. The van der Waals surface area contributed by atoms with E-state index in [-0.39, 0.29) is 30.0 Å². The fourth-order valence-electron chi connectivity index (χ4n) is 2.47. The van der Waals surface area contributed by atoms with Crippen LogP contribution in [0, 0.1) is 21.7 Å². The summed E-state index contributed by atoms with van der Waals surface area (Å²) >= 11 is 0. The molecule has 2 atom stereocenters. The van der Waals surface area contributed by atoms with Crippen molar-refractivity contribution < 1.29 is 24.2 Å². The Morgan fingerprint density at radius 2 is 1.20 bits per heavy atom. The Labute approximate surface area is 153 Å². The summed E-state index contributed by atoms with van der Waals surface area (Å²) in [4.78, 5) is 24.5. The van der Waals surface area contributed by atoms with E-state index in [1.54, 1.807) is 20.8 Å². The number of carbonyl (C=O) groups is 2. The lowest BCUT2D eigenvalue weighted by Crippen LogP contribution is -2.45. The molecule has 0 spiro atoms. The second-order valence-electron chi connectivity index (χ2n) is 10.4. The Hall–Kier alpha value is -1.10. The molecule has 0 rings (SSSR count). The molecule has 0 heterocycles. The average Bonchev–Trinajstić information content (AvgIpc) is 2.37. The van der Waals surface area contributed by atoms with E-state index < -0.39 is 22.9 Å². The third-order valence-electron chi connectivity index (χ3n) is 4.42. The maximum Gasteiger partial charge on any atom is 0.312 e. The number of carbonyl (C=O) groups excluding carboxylic acids is 2. The number of hydrogen-bond acceptors (Lipinski definition) is 5. The molecule has 25 heavy (non-hydrogen) atoms. The maximum atomic E-state index is 12.8. The third-order valence-corrected chi connectivity index (χ3v) is 4.42. The zero-order valence-electron chi connectivity index (χ0n) is 17.8. The molecule has 0 amide bonds. The monoisotopic (exact) mass is 358 g/mol. The SMILES string of the molecule is CC(C)(C)CC(C)(C(=O)OCC(O)COC(=O)C(C)(C)C)C(C)(C)C. The van der Waals surface area contributed by atoms with Crippen molar-refractivity contribution in [3.63, 3.8) is 0 Å². The number of aliphatic hydroxyl groups excluding tert-OH is 1. The zero-order chi connectivity index (χ0) is 20.3. The highest BCUT2D eigenvalue weighted by molar-refractivity contribution is 5.77. The zero-order valence-corrected chi connectivity index (χ0v) is 17.8. The van der Waals surface area contributed by atoms with Crippen LogP contribution in [0.3, 0.4) is 0 Å². The van der Waals surface area contributed by atoms with Gasteiger partial charge in [0, 0.05) is 0 Å². The topological polar surface area (TPSA) is 72.8 Å². The first-order chi connectivity index (χ1) is 10.9. The number of esters is 2. The molecule has 2 unspecified atom stereocenters. The molecule has 0 aromatic heterocycles. The van der Waals surface area contributed by atoms with Crippen molar-refractivity contribution in [3.05, 3.63) is 0 Å². The van der Waals surface area contributed by atoms with Crippen molar-refractivity contribution in [2.24, 2.45) is 21.7 Å². The van der Waals surface area contributed by atoms with Crippen LogP contribution in [0.4, 0.5) is 0 Å². The van der Waals surface area contributed by atoms with E-state index in [2.05, 4.69) is 20.8 Å². The van der Waals surface area contributed by atoms with Gasteiger partial charge in [-0.05, 0) is 44.9 Å². The molecule has 5 nitrogen and oxygen atoms in total. The van der Waals surface area contributed by atoms with Crippen LogP contribution in [0.5, 0.6) is 0 Å². The minimum absolute atomic E-state index is 0.0398. The molecule has 0 radical (unpaired) electrons. The summed E-state index contributed by atoms with van der Waals surface area (Å²) in [5.41, 5.74) is -1.65. The molecule has 0 fully saturated rings. The van der Waals surface area contributed by atoms with Crippen LogP contribution >= 0.6 is 0 Å². The van der Waals surface area contributed by atoms with Crippen molar-refractivity contribution in [2.75, 3.05) is 13.2 Å². The Morgan fingerprint density at radius 1 is 0.800 bits per heavy atom. The van der Waals surface area contributed by atoms with Crippen LogP contribution in [0.2, 0.25) is 0 Å². The van der Waals surface area contributed by atoms with Gasteiger partial charge >= 0.3 is 11.9 Å². The fraction of sp³-hybridized carbons (Fsp3) is 0.900. The molecular weight excluding hydrogens is 320 g/mol. The quantitative estimate of drug-likeness (QED) is 0.727. The van der Waals surface area contributed by atoms with Gasteiger partial charge in [-0.3, -0.25) is 9.59 Å². The number of hydrogen-bond donors (Lipinski definition) is 1. The van der Waals surface area contributed by atoms with Crippen LogP contribution in [0.25, 0.3) is 0 Å². The Morgan fingerprint density at radius 3 is 1.52 bits per heavy atom. The van der Waals surface area contributed by atoms with E-state index in [4.69, 9.17) is 9.47 Å². The van der Waals surface area contributed by atoms with Gasteiger partial charge in [0.1, 0.15) is 19.3 Å². The summed E-state index contributed by atoms with van der Waals surface area (Å²) in [5.74, 6) is -0.735. The summed E-state index contributed by atoms with van der Waals surface area (Å²) in [6.45, 7) is 19.1. The lowest BCUT2D eigenvalue weighted by atomic mass is 9.61. The first kappa shape index (κ1) is 23.9. The van der Waals surface area contributed by atoms with Crippen molar-refractivity contribution in [1.82, 2.24) is 0 Å². The summed E-state index contributed by atoms with van der Waals surface area (Å²) < 4.78 is 10.4. The van der Waals surface area contributed by atoms with Gasteiger partial charge in [0.25, 0.3) is 0 Å². The van der Waals surface area contributed by atoms with Crippen molar-refractivity contribution in [3.8, 4) is 0 Å². The largest absolute Gasteiger partial charge is 0.462 e. The molecule has 5 heteroatoms. The van der Waals surface area contributed by atoms with Gasteiger partial charge in [-0.15, -0.1) is 0 Å². The Bertz CT molecular complexity index is 462. The molecule has 0 aliphatic rings. The number of ether oxygens (including phenoxy) is 2. The Balaban J connectivity index is 4.80. The van der Waals surface area contributed by atoms with Gasteiger partial charge in [-0.25, -0.2) is 0 Å². The normalized spacial score (nSPS) is 16.8. The predicted molar refractivity (Wildman–Crippen MR) is 99.0 cm³/mol. The number of rotatable bonds is 6. The van der Waals surface area contributed by atoms with Gasteiger partial charge in [0.05, 0.1) is 10.8 Å². The van der Waals surface area contributed by atoms with Gasteiger partial charge in [0.2, 0.25) is 0 Å². The van der Waals surface area contributed by atoms with Gasteiger partial charge in [-0.2, -0.15) is 0 Å². The fourth-order valence-corrected chi connectivity index (χ4v) is 2.47. The molecule has 0 saturated carbocycles. The minimum atomic E-state index is -1.03. The maximum absolute atomic E-state index is 12.8. The molecule has 1 N–H and O–H groups in total. The second-order valence-corrected chi connectivity index (χ2v) is 10.4. The van der Waals surface area contributed by atoms with Crippen molar-refractivity contribution >= 4 is 11.9 Å². The van der Waals surface area contributed by atoms with E-state index in [9.17, 15) is 14.7 Å². The summed E-state index contributed by atoms with van der Waals surface area (Å²) in [6.07, 6.45) is -0.369. The summed E-state index contributed by atoms with van der Waals surface area (Å²) in [7, 11) is 0. The molecule has 0 aromatic carbocycles. The molecule has 0 aromatic rings. The van der Waals surface area contributed by atoms with Crippen molar-refractivity contribution in [1.29, 1.82) is 0 Å². The molecular formula is C20H38O5.